The summed E-state index contributed by atoms with van der Waals surface area (Å²) in [5, 5.41) is 13.1. The van der Waals surface area contributed by atoms with Gasteiger partial charge in [0.05, 0.1) is 16.0 Å². The summed E-state index contributed by atoms with van der Waals surface area (Å²) in [7, 11) is 0. The van der Waals surface area contributed by atoms with E-state index in [1.54, 1.807) is 36.4 Å². The highest BCUT2D eigenvalue weighted by Crippen LogP contribution is 2.48. The lowest BCUT2D eigenvalue weighted by atomic mass is 9.99. The van der Waals surface area contributed by atoms with Crippen LogP contribution in [0.5, 0.6) is 0 Å². The molecule has 0 aromatic heterocycles. The molecule has 1 aliphatic carbocycles. The van der Waals surface area contributed by atoms with Crippen LogP contribution in [0.15, 0.2) is 48.5 Å². The molecule has 0 spiro atoms. The third-order valence-corrected chi connectivity index (χ3v) is 5.22. The van der Waals surface area contributed by atoms with Gasteiger partial charge in [-0.15, -0.1) is 0 Å². The van der Waals surface area contributed by atoms with Crippen LogP contribution < -0.4 is 5.32 Å². The minimum Gasteiger partial charge on any atom is -0.481 e. The number of benzene rings is 2. The van der Waals surface area contributed by atoms with Gasteiger partial charge in [-0.3, -0.25) is 9.59 Å². The van der Waals surface area contributed by atoms with E-state index in [4.69, 9.17) is 23.2 Å². The van der Waals surface area contributed by atoms with Crippen molar-refractivity contribution in [3.63, 3.8) is 0 Å². The molecule has 1 amide bonds. The summed E-state index contributed by atoms with van der Waals surface area (Å²) >= 11 is 11.9. The van der Waals surface area contributed by atoms with Crippen LogP contribution in [0.2, 0.25) is 10.0 Å². The standard InChI is InChI=1S/C19H17Cl2NO3/c20-16-7-6-12(8-17(16)21)13-9-14(13)18(23)22-10-15(19(24)25)11-4-2-1-3-5-11/h1-8,13-15H,9-10H2,(H,22,23)(H,24,25). The van der Waals surface area contributed by atoms with Gasteiger partial charge in [-0.05, 0) is 35.6 Å². The van der Waals surface area contributed by atoms with Gasteiger partial charge in [-0.1, -0.05) is 59.6 Å². The molecule has 4 nitrogen and oxygen atoms in total. The lowest BCUT2D eigenvalue weighted by molar-refractivity contribution is -0.138. The van der Waals surface area contributed by atoms with Crippen molar-refractivity contribution in [2.75, 3.05) is 6.54 Å². The maximum Gasteiger partial charge on any atom is 0.312 e. The second-order valence-corrected chi connectivity index (χ2v) is 6.98. The Labute approximate surface area is 155 Å². The van der Waals surface area contributed by atoms with Crippen molar-refractivity contribution in [1.82, 2.24) is 5.32 Å². The van der Waals surface area contributed by atoms with Crippen molar-refractivity contribution in [2.45, 2.75) is 18.3 Å². The number of hydrogen-bond donors (Lipinski definition) is 2. The molecule has 0 radical (unpaired) electrons. The van der Waals surface area contributed by atoms with E-state index >= 15 is 0 Å². The third-order valence-electron chi connectivity index (χ3n) is 4.48. The number of carboxylic acids is 1. The minimum atomic E-state index is -0.955. The van der Waals surface area contributed by atoms with Gasteiger partial charge >= 0.3 is 5.97 Å². The number of nitrogens with one attached hydrogen (secondary N) is 1. The van der Waals surface area contributed by atoms with Crippen molar-refractivity contribution in [3.05, 3.63) is 69.7 Å². The fourth-order valence-electron chi connectivity index (χ4n) is 2.96. The van der Waals surface area contributed by atoms with Crippen LogP contribution in [0.1, 0.15) is 29.4 Å². The maximum absolute atomic E-state index is 12.3. The molecule has 6 heteroatoms. The van der Waals surface area contributed by atoms with E-state index < -0.39 is 11.9 Å². The van der Waals surface area contributed by atoms with Gasteiger partial charge in [0.1, 0.15) is 0 Å². The Kier molecular flexibility index (Phi) is 5.30. The van der Waals surface area contributed by atoms with Crippen molar-refractivity contribution in [2.24, 2.45) is 5.92 Å². The van der Waals surface area contributed by atoms with Gasteiger partial charge in [-0.2, -0.15) is 0 Å². The van der Waals surface area contributed by atoms with Crippen molar-refractivity contribution in [1.29, 1.82) is 0 Å². The average Bonchev–Trinajstić information content (AvgIpc) is 3.39. The average molecular weight is 378 g/mol. The Morgan fingerprint density at radius 3 is 2.48 bits per heavy atom. The lowest BCUT2D eigenvalue weighted by Gasteiger charge is -2.14. The Morgan fingerprint density at radius 1 is 1.12 bits per heavy atom. The van der Waals surface area contributed by atoms with Gasteiger partial charge in [-0.25, -0.2) is 0 Å². The van der Waals surface area contributed by atoms with Crippen LogP contribution in [0, 0.1) is 5.92 Å². The molecule has 0 aliphatic heterocycles. The van der Waals surface area contributed by atoms with E-state index in [0.29, 0.717) is 15.6 Å². The molecule has 3 atom stereocenters. The molecular formula is C19H17Cl2NO3. The van der Waals surface area contributed by atoms with Gasteiger partial charge in [0, 0.05) is 12.5 Å². The summed E-state index contributed by atoms with van der Waals surface area (Å²) in [6.07, 6.45) is 0.729. The Morgan fingerprint density at radius 2 is 1.84 bits per heavy atom. The van der Waals surface area contributed by atoms with E-state index in [9.17, 15) is 14.7 Å². The molecule has 2 aromatic rings. The minimum absolute atomic E-state index is 0.0722. The molecule has 1 fully saturated rings. The van der Waals surface area contributed by atoms with Crippen LogP contribution in [0.4, 0.5) is 0 Å². The molecular weight excluding hydrogens is 361 g/mol. The molecule has 0 heterocycles. The number of aliphatic carboxylic acids is 1. The molecule has 2 aromatic carbocycles. The quantitative estimate of drug-likeness (QED) is 0.796. The van der Waals surface area contributed by atoms with Crippen LogP contribution in [-0.4, -0.2) is 23.5 Å². The second kappa shape index (κ2) is 7.46. The van der Waals surface area contributed by atoms with Crippen LogP contribution in [0.25, 0.3) is 0 Å². The summed E-state index contributed by atoms with van der Waals surface area (Å²) in [4.78, 5) is 23.8. The van der Waals surface area contributed by atoms with Gasteiger partial charge in [0.15, 0.2) is 0 Å². The van der Waals surface area contributed by atoms with E-state index in [1.165, 1.54) is 0 Å². The predicted molar refractivity (Wildman–Crippen MR) is 97.1 cm³/mol. The van der Waals surface area contributed by atoms with Gasteiger partial charge in [0.2, 0.25) is 5.91 Å². The van der Waals surface area contributed by atoms with Crippen LogP contribution >= 0.6 is 23.2 Å². The summed E-state index contributed by atoms with van der Waals surface area (Å²) in [5.41, 5.74) is 1.65. The first-order valence-electron chi connectivity index (χ1n) is 7.97. The van der Waals surface area contributed by atoms with Crippen molar-refractivity contribution in [3.8, 4) is 0 Å². The van der Waals surface area contributed by atoms with Gasteiger partial charge < -0.3 is 10.4 Å². The SMILES string of the molecule is O=C(O)C(CNC(=O)C1CC1c1ccc(Cl)c(Cl)c1)c1ccccc1. The summed E-state index contributed by atoms with van der Waals surface area (Å²) in [6, 6.07) is 14.3. The Bertz CT molecular complexity index is 795. The zero-order valence-electron chi connectivity index (χ0n) is 13.3. The zero-order chi connectivity index (χ0) is 18.0. The molecule has 1 saturated carbocycles. The summed E-state index contributed by atoms with van der Waals surface area (Å²) in [5.74, 6) is -1.88. The van der Waals surface area contributed by atoms with Crippen molar-refractivity contribution < 1.29 is 14.7 Å². The third kappa shape index (κ3) is 4.14. The van der Waals surface area contributed by atoms with E-state index in [0.717, 1.165) is 12.0 Å². The number of halogens is 2. The molecule has 3 unspecified atom stereocenters. The molecule has 25 heavy (non-hydrogen) atoms. The highest BCUT2D eigenvalue weighted by Gasteiger charge is 2.44. The van der Waals surface area contributed by atoms with Crippen LogP contribution in [-0.2, 0) is 9.59 Å². The van der Waals surface area contributed by atoms with E-state index in [2.05, 4.69) is 5.32 Å². The van der Waals surface area contributed by atoms with Crippen LogP contribution in [0.3, 0.4) is 0 Å². The number of carboxylic acid groups (broad SMARTS) is 1. The summed E-state index contributed by atoms with van der Waals surface area (Å²) < 4.78 is 0. The first-order valence-corrected chi connectivity index (χ1v) is 8.73. The molecule has 0 saturated heterocycles. The topological polar surface area (TPSA) is 66.4 Å². The fraction of sp³-hybridized carbons (Fsp3) is 0.263. The monoisotopic (exact) mass is 377 g/mol. The zero-order valence-corrected chi connectivity index (χ0v) is 14.8. The highest BCUT2D eigenvalue weighted by molar-refractivity contribution is 6.42. The molecule has 2 N–H and O–H groups in total. The number of amides is 1. The second-order valence-electron chi connectivity index (χ2n) is 6.17. The Balaban J connectivity index is 1.59. The molecule has 0 bridgehead atoms. The molecule has 3 rings (SSSR count). The van der Waals surface area contributed by atoms with Crippen molar-refractivity contribution >= 4 is 35.1 Å². The fourth-order valence-corrected chi connectivity index (χ4v) is 3.27. The number of carbonyl (C=O) groups is 2. The van der Waals surface area contributed by atoms with Gasteiger partial charge in [0.25, 0.3) is 0 Å². The highest BCUT2D eigenvalue weighted by atomic mass is 35.5. The predicted octanol–water partition coefficient (Wildman–Crippen LogP) is 4.08. The Hall–Kier alpha value is -2.04. The number of carbonyl (C=O) groups excluding carboxylic acids is 1. The molecule has 130 valence electrons. The number of hydrogen-bond acceptors (Lipinski definition) is 2. The largest absolute Gasteiger partial charge is 0.481 e. The summed E-state index contributed by atoms with van der Waals surface area (Å²) in [6.45, 7) is 0.0722. The number of rotatable bonds is 6. The lowest BCUT2D eigenvalue weighted by Crippen LogP contribution is -2.32. The maximum atomic E-state index is 12.3. The smallest absolute Gasteiger partial charge is 0.312 e. The van der Waals surface area contributed by atoms with E-state index in [1.807, 2.05) is 12.1 Å². The first kappa shape index (κ1) is 17.8. The molecule has 1 aliphatic rings. The first-order chi connectivity index (χ1) is 12.0. The normalized spacial score (nSPS) is 19.9. The van der Waals surface area contributed by atoms with E-state index in [-0.39, 0.29) is 24.3 Å².